The van der Waals surface area contributed by atoms with Gasteiger partial charge in [0.1, 0.15) is 5.75 Å². The average molecular weight is 419 g/mol. The number of aryl methyl sites for hydroxylation is 1. The van der Waals surface area contributed by atoms with E-state index in [1.807, 2.05) is 18.2 Å². The summed E-state index contributed by atoms with van der Waals surface area (Å²) in [5, 5.41) is 9.19. The molecular weight excluding hydrogens is 384 g/mol. The van der Waals surface area contributed by atoms with Gasteiger partial charge in [0.05, 0.1) is 7.11 Å². The van der Waals surface area contributed by atoms with Crippen molar-refractivity contribution in [1.82, 2.24) is 0 Å². The molecular formula is C28H34O3. The van der Waals surface area contributed by atoms with Gasteiger partial charge in [-0.15, -0.1) is 0 Å². The Kier molecular flexibility index (Phi) is 5.07. The van der Waals surface area contributed by atoms with Crippen molar-refractivity contribution in [3.05, 3.63) is 69.8 Å². The van der Waals surface area contributed by atoms with Crippen LogP contribution in [0.15, 0.2) is 36.4 Å². The fraction of sp³-hybridized carbons (Fsp3) is 0.464. The Morgan fingerprint density at radius 2 is 1.58 bits per heavy atom. The molecule has 1 N–H and O–H groups in total. The number of hydrogen-bond acceptors (Lipinski definition) is 2. The molecule has 164 valence electrons. The fourth-order valence-electron chi connectivity index (χ4n) is 5.55. The van der Waals surface area contributed by atoms with Crippen molar-refractivity contribution in [3.63, 3.8) is 0 Å². The number of hydrogen-bond donors (Lipinski definition) is 1. The van der Waals surface area contributed by atoms with E-state index in [0.717, 1.165) is 29.7 Å². The smallest absolute Gasteiger partial charge is 0.328 e. The number of aliphatic carboxylic acids is 1. The van der Waals surface area contributed by atoms with Gasteiger partial charge in [0, 0.05) is 17.1 Å². The van der Waals surface area contributed by atoms with E-state index in [4.69, 9.17) is 4.74 Å². The van der Waals surface area contributed by atoms with E-state index in [1.54, 1.807) is 13.2 Å². The quantitative estimate of drug-likeness (QED) is 0.562. The first kappa shape index (κ1) is 21.7. The minimum absolute atomic E-state index is 0.123. The van der Waals surface area contributed by atoms with Crippen LogP contribution in [0.25, 0.3) is 6.08 Å². The third-order valence-electron chi connectivity index (χ3n) is 7.63. The van der Waals surface area contributed by atoms with Crippen molar-refractivity contribution in [2.75, 3.05) is 7.11 Å². The van der Waals surface area contributed by atoms with Gasteiger partial charge >= 0.3 is 5.97 Å². The van der Waals surface area contributed by atoms with E-state index in [1.165, 1.54) is 41.2 Å². The molecule has 0 heterocycles. The molecule has 0 atom stereocenters. The molecule has 0 spiro atoms. The Bertz CT molecular complexity index is 1070. The summed E-state index contributed by atoms with van der Waals surface area (Å²) in [5.41, 5.74) is 7.89. The van der Waals surface area contributed by atoms with E-state index in [2.05, 4.69) is 46.8 Å². The molecule has 1 fully saturated rings. The van der Waals surface area contributed by atoms with Crippen molar-refractivity contribution in [2.45, 2.75) is 76.5 Å². The molecule has 0 aromatic heterocycles. The molecule has 0 radical (unpaired) electrons. The molecule has 0 amide bonds. The third-order valence-corrected chi connectivity index (χ3v) is 7.63. The lowest BCUT2D eigenvalue weighted by Crippen LogP contribution is -2.34. The Hall–Kier alpha value is -2.55. The maximum atomic E-state index is 11.2. The Morgan fingerprint density at radius 3 is 2.13 bits per heavy atom. The van der Waals surface area contributed by atoms with Gasteiger partial charge in [-0.1, -0.05) is 52.0 Å². The number of fused-ring (bicyclic) bond motifs is 1. The minimum Gasteiger partial charge on any atom is -0.496 e. The highest BCUT2D eigenvalue weighted by molar-refractivity contribution is 5.86. The van der Waals surface area contributed by atoms with Crippen LogP contribution in [-0.2, 0) is 21.0 Å². The first-order chi connectivity index (χ1) is 14.5. The molecule has 0 aliphatic heterocycles. The predicted octanol–water partition coefficient (Wildman–Crippen LogP) is 6.53. The number of carbonyl (C=O) groups is 1. The van der Waals surface area contributed by atoms with Crippen LogP contribution in [0.2, 0.25) is 0 Å². The van der Waals surface area contributed by atoms with E-state index < -0.39 is 5.97 Å². The van der Waals surface area contributed by atoms with Crippen LogP contribution in [0.1, 0.15) is 86.8 Å². The lowest BCUT2D eigenvalue weighted by Gasteiger charge is -2.43. The van der Waals surface area contributed by atoms with E-state index in [9.17, 15) is 9.90 Å². The predicted molar refractivity (Wildman–Crippen MR) is 126 cm³/mol. The number of benzene rings is 2. The van der Waals surface area contributed by atoms with Gasteiger partial charge < -0.3 is 9.84 Å². The molecule has 31 heavy (non-hydrogen) atoms. The third kappa shape index (κ3) is 3.58. The number of rotatable bonds is 5. The van der Waals surface area contributed by atoms with Gasteiger partial charge in [0.25, 0.3) is 0 Å². The summed E-state index contributed by atoms with van der Waals surface area (Å²) in [5.74, 6) is -0.102. The lowest BCUT2D eigenvalue weighted by molar-refractivity contribution is -0.131. The van der Waals surface area contributed by atoms with Crippen LogP contribution in [0, 0.1) is 6.92 Å². The first-order valence-corrected chi connectivity index (χ1v) is 11.3. The second-order valence-corrected chi connectivity index (χ2v) is 10.7. The van der Waals surface area contributed by atoms with E-state index in [0.29, 0.717) is 0 Å². The van der Waals surface area contributed by atoms with Crippen molar-refractivity contribution in [2.24, 2.45) is 0 Å². The van der Waals surface area contributed by atoms with E-state index >= 15 is 0 Å². The summed E-state index contributed by atoms with van der Waals surface area (Å²) in [6.45, 7) is 11.7. The highest BCUT2D eigenvalue weighted by Crippen LogP contribution is 2.59. The molecule has 0 unspecified atom stereocenters. The van der Waals surface area contributed by atoms with Gasteiger partial charge in [-0.2, -0.15) is 0 Å². The molecule has 2 aromatic rings. The topological polar surface area (TPSA) is 46.5 Å². The van der Waals surface area contributed by atoms with Crippen LogP contribution in [0.3, 0.4) is 0 Å². The fourth-order valence-corrected chi connectivity index (χ4v) is 5.55. The monoisotopic (exact) mass is 418 g/mol. The summed E-state index contributed by atoms with van der Waals surface area (Å²) in [6.07, 6.45) is 7.41. The zero-order chi connectivity index (χ0) is 22.6. The molecule has 1 saturated carbocycles. The van der Waals surface area contributed by atoms with Gasteiger partial charge in [-0.3, -0.25) is 0 Å². The minimum atomic E-state index is -0.937. The summed E-state index contributed by atoms with van der Waals surface area (Å²) < 4.78 is 5.79. The van der Waals surface area contributed by atoms with Crippen LogP contribution in [0.4, 0.5) is 0 Å². The molecule has 4 rings (SSSR count). The summed E-state index contributed by atoms with van der Waals surface area (Å²) in [4.78, 5) is 11.2. The number of ether oxygens (including phenoxy) is 1. The van der Waals surface area contributed by atoms with Crippen molar-refractivity contribution in [3.8, 4) is 5.75 Å². The zero-order valence-electron chi connectivity index (χ0n) is 19.6. The molecule has 3 heteroatoms. The van der Waals surface area contributed by atoms with Crippen LogP contribution >= 0.6 is 0 Å². The standard InChI is InChI=1S/C28H34O3/c1-18-16-21-22(27(4,5)13-12-26(21,2)3)17-20(18)28(14-15-28)25-19(10-11-24(29)30)8-7-9-23(25)31-6/h7-11,16-17H,12-15H2,1-6H3,(H,29,30). The lowest BCUT2D eigenvalue weighted by atomic mass is 9.62. The normalized spacial score (nSPS) is 20.3. The zero-order valence-corrected chi connectivity index (χ0v) is 19.6. The van der Waals surface area contributed by atoms with Gasteiger partial charge in [-0.25, -0.2) is 4.79 Å². The second kappa shape index (κ2) is 7.25. The molecule has 2 aliphatic rings. The van der Waals surface area contributed by atoms with Gasteiger partial charge in [-0.05, 0) is 83.4 Å². The number of methoxy groups -OCH3 is 1. The van der Waals surface area contributed by atoms with Crippen molar-refractivity contribution in [1.29, 1.82) is 0 Å². The number of carboxylic acids is 1. The van der Waals surface area contributed by atoms with Crippen molar-refractivity contribution < 1.29 is 14.6 Å². The second-order valence-electron chi connectivity index (χ2n) is 10.7. The van der Waals surface area contributed by atoms with Crippen LogP contribution < -0.4 is 4.74 Å². The summed E-state index contributed by atoms with van der Waals surface area (Å²) >= 11 is 0. The van der Waals surface area contributed by atoms with Crippen LogP contribution in [0.5, 0.6) is 5.75 Å². The van der Waals surface area contributed by atoms with E-state index in [-0.39, 0.29) is 16.2 Å². The molecule has 2 aliphatic carbocycles. The maximum Gasteiger partial charge on any atom is 0.328 e. The molecule has 3 nitrogen and oxygen atoms in total. The van der Waals surface area contributed by atoms with Crippen LogP contribution in [-0.4, -0.2) is 18.2 Å². The average Bonchev–Trinajstić information content (AvgIpc) is 3.50. The largest absolute Gasteiger partial charge is 0.496 e. The maximum absolute atomic E-state index is 11.2. The molecule has 0 bridgehead atoms. The SMILES string of the molecule is COc1cccc(C=CC(=O)O)c1C1(c2cc3c(cc2C)C(C)(C)CCC3(C)C)CC1. The summed E-state index contributed by atoms with van der Waals surface area (Å²) in [6, 6.07) is 10.8. The number of carboxylic acid groups (broad SMARTS) is 1. The van der Waals surface area contributed by atoms with Gasteiger partial charge in [0.2, 0.25) is 0 Å². The Labute approximate surface area is 186 Å². The van der Waals surface area contributed by atoms with Crippen molar-refractivity contribution >= 4 is 12.0 Å². The molecule has 0 saturated heterocycles. The summed E-state index contributed by atoms with van der Waals surface area (Å²) in [7, 11) is 1.70. The highest BCUT2D eigenvalue weighted by Gasteiger charge is 2.50. The van der Waals surface area contributed by atoms with Gasteiger partial charge in [0.15, 0.2) is 0 Å². The Morgan fingerprint density at radius 1 is 0.968 bits per heavy atom. The first-order valence-electron chi connectivity index (χ1n) is 11.3. The molecule has 2 aromatic carbocycles. The Balaban J connectivity index is 1.94. The highest BCUT2D eigenvalue weighted by atomic mass is 16.5.